The van der Waals surface area contributed by atoms with Gasteiger partial charge in [-0.05, 0) is 18.9 Å². The van der Waals surface area contributed by atoms with Gasteiger partial charge in [0.25, 0.3) is 0 Å². The molecule has 2 N–H and O–H groups in total. The first kappa shape index (κ1) is 17.5. The van der Waals surface area contributed by atoms with Gasteiger partial charge in [-0.2, -0.15) is 13.2 Å². The average Bonchev–Trinajstić information content (AvgIpc) is 2.37. The van der Waals surface area contributed by atoms with Gasteiger partial charge in [-0.1, -0.05) is 44.2 Å². The van der Waals surface area contributed by atoms with Crippen LogP contribution in [0.2, 0.25) is 0 Å². The van der Waals surface area contributed by atoms with Crippen LogP contribution >= 0.6 is 0 Å². The van der Waals surface area contributed by atoms with E-state index in [1.54, 1.807) is 31.2 Å². The zero-order chi connectivity index (χ0) is 16.3. The summed E-state index contributed by atoms with van der Waals surface area (Å²) >= 11 is 0. The molecule has 2 atom stereocenters. The largest absolute Gasteiger partial charge is 0.480 e. The fraction of sp³-hybridized carbons (Fsp3) is 0.533. The molecule has 0 radical (unpaired) electrons. The first-order valence-corrected chi connectivity index (χ1v) is 6.65. The zero-order valence-corrected chi connectivity index (χ0v) is 12.2. The summed E-state index contributed by atoms with van der Waals surface area (Å²) in [7, 11) is 0. The molecular weight excluding hydrogens is 283 g/mol. The van der Waals surface area contributed by atoms with Gasteiger partial charge in [0.2, 0.25) is 0 Å². The molecule has 1 rings (SSSR count). The van der Waals surface area contributed by atoms with Crippen molar-refractivity contribution in [2.45, 2.75) is 45.5 Å². The number of rotatable bonds is 6. The second-order valence-electron chi connectivity index (χ2n) is 5.78. The number of nitrogens with one attached hydrogen (secondary N) is 1. The van der Waals surface area contributed by atoms with Gasteiger partial charge in [0.05, 0.1) is 5.41 Å². The standard InChI is InChI=1S/C15H20F3NO2/c1-10(11-7-5-4-6-8-11)19-12(13(20)21)9-14(2,3)15(16,17)18/h4-8,10,12,19H,9H2,1-3H3,(H,20,21). The van der Waals surface area contributed by atoms with Crippen molar-refractivity contribution in [2.75, 3.05) is 0 Å². The molecule has 0 aliphatic heterocycles. The number of aliphatic carboxylic acids is 1. The third kappa shape index (κ3) is 4.74. The third-order valence-corrected chi connectivity index (χ3v) is 3.53. The zero-order valence-electron chi connectivity index (χ0n) is 12.2. The normalized spacial score (nSPS) is 15.5. The molecule has 0 aromatic heterocycles. The van der Waals surface area contributed by atoms with Gasteiger partial charge in [-0.25, -0.2) is 0 Å². The minimum absolute atomic E-state index is 0.351. The minimum atomic E-state index is -4.45. The lowest BCUT2D eigenvalue weighted by atomic mass is 9.84. The molecular formula is C15H20F3NO2. The van der Waals surface area contributed by atoms with E-state index in [4.69, 9.17) is 5.11 Å². The Morgan fingerprint density at radius 3 is 2.19 bits per heavy atom. The van der Waals surface area contributed by atoms with Crippen LogP contribution in [0.3, 0.4) is 0 Å². The first-order valence-electron chi connectivity index (χ1n) is 6.65. The summed E-state index contributed by atoms with van der Waals surface area (Å²) in [4.78, 5) is 11.2. The van der Waals surface area contributed by atoms with Gasteiger partial charge in [-0.15, -0.1) is 0 Å². The molecule has 0 saturated heterocycles. The number of alkyl halides is 3. The summed E-state index contributed by atoms with van der Waals surface area (Å²) in [5.41, 5.74) is -1.24. The van der Waals surface area contributed by atoms with Crippen molar-refractivity contribution in [3.63, 3.8) is 0 Å². The second kappa shape index (κ2) is 6.47. The number of carboxylic acid groups (broad SMARTS) is 1. The van der Waals surface area contributed by atoms with Crippen LogP contribution in [0.4, 0.5) is 13.2 Å². The summed E-state index contributed by atoms with van der Waals surface area (Å²) in [5.74, 6) is -1.28. The van der Waals surface area contributed by atoms with E-state index in [-0.39, 0.29) is 6.04 Å². The average molecular weight is 303 g/mol. The highest BCUT2D eigenvalue weighted by Gasteiger charge is 2.49. The molecule has 21 heavy (non-hydrogen) atoms. The van der Waals surface area contributed by atoms with Crippen LogP contribution in [0.1, 0.15) is 38.8 Å². The van der Waals surface area contributed by atoms with E-state index in [1.807, 2.05) is 6.07 Å². The number of carbonyl (C=O) groups is 1. The summed E-state index contributed by atoms with van der Waals surface area (Å²) < 4.78 is 38.7. The van der Waals surface area contributed by atoms with Crippen molar-refractivity contribution in [1.29, 1.82) is 0 Å². The predicted octanol–water partition coefficient (Wildman–Crippen LogP) is 3.77. The quantitative estimate of drug-likeness (QED) is 0.841. The SMILES string of the molecule is CC(NC(CC(C)(C)C(F)(F)F)C(=O)O)c1ccccc1. The van der Waals surface area contributed by atoms with Crippen molar-refractivity contribution >= 4 is 5.97 Å². The first-order chi connectivity index (χ1) is 9.54. The summed E-state index contributed by atoms with van der Waals surface area (Å²) in [6.07, 6.45) is -4.97. The maximum Gasteiger partial charge on any atom is 0.394 e. The molecule has 0 spiro atoms. The van der Waals surface area contributed by atoms with Crippen LogP contribution in [0.5, 0.6) is 0 Å². The Bertz CT molecular complexity index is 472. The van der Waals surface area contributed by atoms with E-state index in [2.05, 4.69) is 5.32 Å². The van der Waals surface area contributed by atoms with Crippen molar-refractivity contribution in [3.05, 3.63) is 35.9 Å². The fourth-order valence-electron chi connectivity index (χ4n) is 1.98. The smallest absolute Gasteiger partial charge is 0.394 e. The Morgan fingerprint density at radius 1 is 1.24 bits per heavy atom. The number of hydrogen-bond acceptors (Lipinski definition) is 2. The fourth-order valence-corrected chi connectivity index (χ4v) is 1.98. The summed E-state index contributed by atoms with van der Waals surface area (Å²) in [5, 5.41) is 11.9. The van der Waals surface area contributed by atoms with Gasteiger partial charge in [0.15, 0.2) is 0 Å². The Morgan fingerprint density at radius 2 is 1.76 bits per heavy atom. The Labute approximate surface area is 122 Å². The van der Waals surface area contributed by atoms with Crippen LogP contribution in [-0.2, 0) is 4.79 Å². The van der Waals surface area contributed by atoms with Crippen molar-refractivity contribution in [3.8, 4) is 0 Å². The van der Waals surface area contributed by atoms with E-state index in [1.165, 1.54) is 0 Å². The van der Waals surface area contributed by atoms with E-state index in [0.717, 1.165) is 19.4 Å². The van der Waals surface area contributed by atoms with Crippen LogP contribution in [0, 0.1) is 5.41 Å². The number of benzene rings is 1. The van der Waals surface area contributed by atoms with Crippen molar-refractivity contribution < 1.29 is 23.1 Å². The molecule has 0 aliphatic rings. The van der Waals surface area contributed by atoms with E-state index in [0.29, 0.717) is 0 Å². The molecule has 0 amide bonds. The molecule has 6 heteroatoms. The Hall–Kier alpha value is -1.56. The highest BCUT2D eigenvalue weighted by molar-refractivity contribution is 5.73. The van der Waals surface area contributed by atoms with Crippen molar-refractivity contribution in [2.24, 2.45) is 5.41 Å². The second-order valence-corrected chi connectivity index (χ2v) is 5.78. The molecule has 3 nitrogen and oxygen atoms in total. The van der Waals surface area contributed by atoms with E-state index < -0.39 is 30.0 Å². The van der Waals surface area contributed by atoms with E-state index in [9.17, 15) is 18.0 Å². The lowest BCUT2D eigenvalue weighted by Crippen LogP contribution is -2.45. The molecule has 0 heterocycles. The number of hydrogen-bond donors (Lipinski definition) is 2. The van der Waals surface area contributed by atoms with Crippen LogP contribution in [-0.4, -0.2) is 23.3 Å². The molecule has 0 aliphatic carbocycles. The molecule has 0 fully saturated rings. The van der Waals surface area contributed by atoms with Gasteiger partial charge >= 0.3 is 12.1 Å². The Kier molecular flexibility index (Phi) is 5.39. The predicted molar refractivity (Wildman–Crippen MR) is 73.9 cm³/mol. The van der Waals surface area contributed by atoms with Crippen LogP contribution in [0.15, 0.2) is 30.3 Å². The molecule has 0 bridgehead atoms. The Balaban J connectivity index is 2.82. The molecule has 1 aromatic rings. The topological polar surface area (TPSA) is 49.3 Å². The van der Waals surface area contributed by atoms with Gasteiger partial charge in [0.1, 0.15) is 6.04 Å². The maximum atomic E-state index is 12.9. The minimum Gasteiger partial charge on any atom is -0.480 e. The summed E-state index contributed by atoms with van der Waals surface area (Å²) in [6, 6.07) is 7.38. The molecule has 118 valence electrons. The van der Waals surface area contributed by atoms with Crippen molar-refractivity contribution in [1.82, 2.24) is 5.32 Å². The van der Waals surface area contributed by atoms with Crippen LogP contribution in [0.25, 0.3) is 0 Å². The van der Waals surface area contributed by atoms with Gasteiger partial charge < -0.3 is 5.11 Å². The third-order valence-electron chi connectivity index (χ3n) is 3.53. The molecule has 0 saturated carbocycles. The lowest BCUT2D eigenvalue weighted by molar-refractivity contribution is -0.216. The highest BCUT2D eigenvalue weighted by atomic mass is 19.4. The maximum absolute atomic E-state index is 12.9. The van der Waals surface area contributed by atoms with Gasteiger partial charge in [-0.3, -0.25) is 10.1 Å². The lowest BCUT2D eigenvalue weighted by Gasteiger charge is -2.31. The highest BCUT2D eigenvalue weighted by Crippen LogP contribution is 2.41. The number of carboxylic acids is 1. The van der Waals surface area contributed by atoms with E-state index >= 15 is 0 Å². The molecule has 1 aromatic carbocycles. The summed E-state index contributed by atoms with van der Waals surface area (Å²) in [6.45, 7) is 3.75. The molecule has 2 unspecified atom stereocenters. The van der Waals surface area contributed by atoms with Crippen LogP contribution < -0.4 is 5.32 Å². The van der Waals surface area contributed by atoms with Gasteiger partial charge in [0, 0.05) is 6.04 Å². The number of halogens is 3. The monoisotopic (exact) mass is 303 g/mol.